The molecule has 22 heavy (non-hydrogen) atoms. The van der Waals surface area contributed by atoms with Crippen LogP contribution in [0.1, 0.15) is 32.6 Å². The van der Waals surface area contributed by atoms with Gasteiger partial charge in [-0.05, 0) is 25.8 Å². The lowest BCUT2D eigenvalue weighted by Gasteiger charge is -2.26. The third kappa shape index (κ3) is 9.52. The molecule has 6 nitrogen and oxygen atoms in total. The molecule has 1 fully saturated rings. The first-order chi connectivity index (χ1) is 10.7. The predicted molar refractivity (Wildman–Crippen MR) is 82.5 cm³/mol. The van der Waals surface area contributed by atoms with Gasteiger partial charge in [0.25, 0.3) is 0 Å². The van der Waals surface area contributed by atoms with Crippen LogP contribution < -0.4 is 0 Å². The quantitative estimate of drug-likeness (QED) is 0.346. The van der Waals surface area contributed by atoms with Crippen LogP contribution in [0.25, 0.3) is 0 Å². The molecule has 126 valence electrons. The van der Waals surface area contributed by atoms with Crippen LogP contribution in [0.5, 0.6) is 0 Å². The number of hydrogen-bond donors (Lipinski definition) is 0. The summed E-state index contributed by atoms with van der Waals surface area (Å²) >= 11 is 0. The second kappa shape index (κ2) is 12.2. The van der Waals surface area contributed by atoms with Gasteiger partial charge in [-0.15, -0.1) is 0 Å². The van der Waals surface area contributed by atoms with Gasteiger partial charge in [-0.2, -0.15) is 0 Å². The predicted octanol–water partition coefficient (Wildman–Crippen LogP) is 1.54. The molecule has 1 aliphatic heterocycles. The average Bonchev–Trinajstić information content (AvgIpc) is 2.54. The van der Waals surface area contributed by atoms with Crippen LogP contribution in [0.2, 0.25) is 0 Å². The first kappa shape index (κ1) is 18.6. The molecule has 0 aromatic rings. The van der Waals surface area contributed by atoms with E-state index in [4.69, 9.17) is 14.2 Å². The Bertz CT molecular complexity index is 350. The standard InChI is InChI=1S/C16H27NO5/c1-2-3-11-21-15(18)6-7-16(19)22-12-5-4-8-17-9-13-20-14-10-17/h6-7H,2-5,8-14H2,1H3/b7-6+. The molecule has 0 aromatic heterocycles. The molecule has 0 amide bonds. The van der Waals surface area contributed by atoms with Gasteiger partial charge in [-0.25, -0.2) is 9.59 Å². The van der Waals surface area contributed by atoms with Crippen molar-refractivity contribution in [2.24, 2.45) is 0 Å². The fourth-order valence-electron chi connectivity index (χ4n) is 1.98. The molecular weight excluding hydrogens is 286 g/mol. The normalized spacial score (nSPS) is 15.9. The second-order valence-corrected chi connectivity index (χ2v) is 5.18. The van der Waals surface area contributed by atoms with Crippen LogP contribution in [0, 0.1) is 0 Å². The molecule has 0 aromatic carbocycles. The minimum Gasteiger partial charge on any atom is -0.463 e. The number of carbonyl (C=O) groups excluding carboxylic acids is 2. The zero-order chi connectivity index (χ0) is 16.0. The Labute approximate surface area is 132 Å². The minimum atomic E-state index is -0.502. The SMILES string of the molecule is CCCCOC(=O)/C=C/C(=O)OCCCCN1CCOCC1. The van der Waals surface area contributed by atoms with Crippen LogP contribution in [0.3, 0.4) is 0 Å². The molecule has 0 unspecified atom stereocenters. The number of rotatable bonds is 10. The molecule has 0 atom stereocenters. The van der Waals surface area contributed by atoms with Gasteiger partial charge in [0.2, 0.25) is 0 Å². The molecule has 0 radical (unpaired) electrons. The molecule has 0 aliphatic carbocycles. The highest BCUT2D eigenvalue weighted by Gasteiger charge is 2.09. The lowest BCUT2D eigenvalue weighted by molar-refractivity contribution is -0.140. The van der Waals surface area contributed by atoms with Gasteiger partial charge in [0.05, 0.1) is 26.4 Å². The van der Waals surface area contributed by atoms with E-state index < -0.39 is 11.9 Å². The summed E-state index contributed by atoms with van der Waals surface area (Å²) in [7, 11) is 0. The van der Waals surface area contributed by atoms with Gasteiger partial charge in [0.15, 0.2) is 0 Å². The Balaban J connectivity index is 1.99. The van der Waals surface area contributed by atoms with Crippen molar-refractivity contribution in [3.8, 4) is 0 Å². The molecule has 0 bridgehead atoms. The Morgan fingerprint density at radius 1 is 1.00 bits per heavy atom. The van der Waals surface area contributed by atoms with E-state index in [2.05, 4.69) is 4.90 Å². The number of esters is 2. The van der Waals surface area contributed by atoms with Crippen LogP contribution in [0.15, 0.2) is 12.2 Å². The van der Waals surface area contributed by atoms with E-state index in [0.29, 0.717) is 13.2 Å². The third-order valence-electron chi connectivity index (χ3n) is 3.31. The average molecular weight is 313 g/mol. The summed E-state index contributed by atoms with van der Waals surface area (Å²) in [4.78, 5) is 25.0. The van der Waals surface area contributed by atoms with Gasteiger partial charge in [-0.1, -0.05) is 13.3 Å². The van der Waals surface area contributed by atoms with Crippen molar-refractivity contribution in [2.45, 2.75) is 32.6 Å². The van der Waals surface area contributed by atoms with Crippen LogP contribution in [-0.2, 0) is 23.8 Å². The van der Waals surface area contributed by atoms with Gasteiger partial charge >= 0.3 is 11.9 Å². The monoisotopic (exact) mass is 313 g/mol. The molecular formula is C16H27NO5. The minimum absolute atomic E-state index is 0.373. The summed E-state index contributed by atoms with van der Waals surface area (Å²) in [5, 5.41) is 0. The van der Waals surface area contributed by atoms with Crippen LogP contribution >= 0.6 is 0 Å². The zero-order valence-corrected chi connectivity index (χ0v) is 13.4. The van der Waals surface area contributed by atoms with Gasteiger partial charge in [0, 0.05) is 25.2 Å². The highest BCUT2D eigenvalue weighted by Crippen LogP contribution is 2.00. The lowest BCUT2D eigenvalue weighted by atomic mass is 10.3. The van der Waals surface area contributed by atoms with Crippen molar-refractivity contribution in [3.63, 3.8) is 0 Å². The van der Waals surface area contributed by atoms with E-state index >= 15 is 0 Å². The topological polar surface area (TPSA) is 65.1 Å². The lowest BCUT2D eigenvalue weighted by Crippen LogP contribution is -2.36. The first-order valence-corrected chi connectivity index (χ1v) is 8.04. The number of ether oxygens (including phenoxy) is 3. The van der Waals surface area contributed by atoms with Crippen molar-refractivity contribution < 1.29 is 23.8 Å². The molecule has 0 N–H and O–H groups in total. The summed E-state index contributed by atoms with van der Waals surface area (Å²) < 4.78 is 15.2. The van der Waals surface area contributed by atoms with Gasteiger partial charge < -0.3 is 14.2 Å². The highest BCUT2D eigenvalue weighted by molar-refractivity contribution is 5.91. The van der Waals surface area contributed by atoms with Crippen molar-refractivity contribution in [1.29, 1.82) is 0 Å². The number of hydrogen-bond acceptors (Lipinski definition) is 6. The summed E-state index contributed by atoms with van der Waals surface area (Å²) in [6.45, 7) is 7.32. The highest BCUT2D eigenvalue weighted by atomic mass is 16.5. The van der Waals surface area contributed by atoms with Gasteiger partial charge in [0.1, 0.15) is 0 Å². The largest absolute Gasteiger partial charge is 0.463 e. The Hall–Kier alpha value is -1.40. The fourth-order valence-corrected chi connectivity index (χ4v) is 1.98. The molecule has 0 spiro atoms. The molecule has 0 saturated carbocycles. The smallest absolute Gasteiger partial charge is 0.331 e. The van der Waals surface area contributed by atoms with E-state index in [0.717, 1.165) is 70.7 Å². The molecule has 1 rings (SSSR count). The van der Waals surface area contributed by atoms with E-state index in [1.54, 1.807) is 0 Å². The van der Waals surface area contributed by atoms with E-state index in [-0.39, 0.29) is 0 Å². The van der Waals surface area contributed by atoms with Crippen molar-refractivity contribution in [2.75, 3.05) is 46.1 Å². The summed E-state index contributed by atoms with van der Waals surface area (Å²) in [5.74, 6) is -1.00. The maximum Gasteiger partial charge on any atom is 0.331 e. The Morgan fingerprint density at radius 3 is 2.18 bits per heavy atom. The number of carbonyl (C=O) groups is 2. The van der Waals surface area contributed by atoms with Crippen molar-refractivity contribution in [3.05, 3.63) is 12.2 Å². The maximum atomic E-state index is 11.4. The number of nitrogens with zero attached hydrogens (tertiary/aromatic N) is 1. The van der Waals surface area contributed by atoms with Gasteiger partial charge in [-0.3, -0.25) is 4.90 Å². The van der Waals surface area contributed by atoms with Crippen molar-refractivity contribution >= 4 is 11.9 Å². The molecule has 1 saturated heterocycles. The summed E-state index contributed by atoms with van der Waals surface area (Å²) in [5.41, 5.74) is 0. The molecule has 1 heterocycles. The number of unbranched alkanes of at least 4 members (excludes halogenated alkanes) is 2. The van der Waals surface area contributed by atoms with Crippen LogP contribution in [-0.4, -0.2) is 62.9 Å². The third-order valence-corrected chi connectivity index (χ3v) is 3.31. The fraction of sp³-hybridized carbons (Fsp3) is 0.750. The Kier molecular flexibility index (Phi) is 10.3. The Morgan fingerprint density at radius 2 is 1.59 bits per heavy atom. The molecule has 1 aliphatic rings. The van der Waals surface area contributed by atoms with E-state index in [9.17, 15) is 9.59 Å². The summed E-state index contributed by atoms with van der Waals surface area (Å²) in [6, 6.07) is 0. The van der Waals surface area contributed by atoms with E-state index in [1.165, 1.54) is 0 Å². The first-order valence-electron chi connectivity index (χ1n) is 8.04. The maximum absolute atomic E-state index is 11.4. The van der Waals surface area contributed by atoms with E-state index in [1.807, 2.05) is 6.92 Å². The van der Waals surface area contributed by atoms with Crippen LogP contribution in [0.4, 0.5) is 0 Å². The van der Waals surface area contributed by atoms with Crippen molar-refractivity contribution in [1.82, 2.24) is 4.90 Å². The number of morpholine rings is 1. The second-order valence-electron chi connectivity index (χ2n) is 5.18. The molecule has 6 heteroatoms. The summed E-state index contributed by atoms with van der Waals surface area (Å²) in [6.07, 6.45) is 5.83. The zero-order valence-electron chi connectivity index (χ0n) is 13.4.